The van der Waals surface area contributed by atoms with E-state index in [1.54, 1.807) is 43.5 Å². The van der Waals surface area contributed by atoms with Gasteiger partial charge in [0.15, 0.2) is 5.43 Å². The second-order valence-electron chi connectivity index (χ2n) is 6.26. The van der Waals surface area contributed by atoms with Crippen LogP contribution in [0.3, 0.4) is 0 Å². The van der Waals surface area contributed by atoms with Crippen LogP contribution < -0.4 is 10.2 Å². The number of phenols is 2. The third kappa shape index (κ3) is 3.79. The zero-order valence-corrected chi connectivity index (χ0v) is 15.4. The fraction of sp³-hybridized carbons (Fsp3) is 0.0455. The van der Waals surface area contributed by atoms with E-state index in [9.17, 15) is 15.0 Å². The van der Waals surface area contributed by atoms with Crippen molar-refractivity contribution < 1.29 is 19.4 Å². The number of methoxy groups -OCH3 is 1. The summed E-state index contributed by atoms with van der Waals surface area (Å²) in [5.41, 5.74) is 1.25. The van der Waals surface area contributed by atoms with E-state index < -0.39 is 0 Å². The van der Waals surface area contributed by atoms with Crippen molar-refractivity contribution in [2.24, 2.45) is 10.2 Å². The van der Waals surface area contributed by atoms with E-state index in [0.717, 1.165) is 0 Å². The van der Waals surface area contributed by atoms with Crippen molar-refractivity contribution in [3.63, 3.8) is 0 Å². The average Bonchev–Trinajstić information content (AvgIpc) is 2.73. The molecule has 0 saturated carbocycles. The van der Waals surface area contributed by atoms with E-state index in [0.29, 0.717) is 22.8 Å². The Morgan fingerprint density at radius 3 is 2.48 bits per heavy atom. The van der Waals surface area contributed by atoms with Gasteiger partial charge in [0.2, 0.25) is 0 Å². The summed E-state index contributed by atoms with van der Waals surface area (Å²) < 4.78 is 10.9. The molecule has 1 heterocycles. The van der Waals surface area contributed by atoms with Gasteiger partial charge in [-0.15, -0.1) is 5.11 Å². The Bertz CT molecular complexity index is 1280. The zero-order chi connectivity index (χ0) is 20.4. The van der Waals surface area contributed by atoms with E-state index in [4.69, 9.17) is 9.15 Å². The highest BCUT2D eigenvalue weighted by Gasteiger charge is 2.11. The maximum atomic E-state index is 12.6. The number of phenolic OH excluding ortho intramolecular Hbond substituents is 2. The third-order valence-corrected chi connectivity index (χ3v) is 4.30. The molecule has 4 aromatic rings. The van der Waals surface area contributed by atoms with Crippen LogP contribution in [0, 0.1) is 0 Å². The van der Waals surface area contributed by atoms with Crippen LogP contribution in [-0.4, -0.2) is 17.3 Å². The summed E-state index contributed by atoms with van der Waals surface area (Å²) in [5, 5.41) is 28.1. The highest BCUT2D eigenvalue weighted by molar-refractivity contribution is 5.84. The lowest BCUT2D eigenvalue weighted by atomic mass is 10.1. The van der Waals surface area contributed by atoms with Crippen LogP contribution in [0.25, 0.3) is 22.3 Å². The summed E-state index contributed by atoms with van der Waals surface area (Å²) in [6.07, 6.45) is 0. The first kappa shape index (κ1) is 18.2. The Morgan fingerprint density at radius 1 is 0.931 bits per heavy atom. The molecular weight excluding hydrogens is 372 g/mol. The van der Waals surface area contributed by atoms with Crippen molar-refractivity contribution in [2.45, 2.75) is 0 Å². The molecule has 0 amide bonds. The Balaban J connectivity index is 1.74. The van der Waals surface area contributed by atoms with Gasteiger partial charge in [-0.3, -0.25) is 4.79 Å². The molecule has 2 N–H and O–H groups in total. The normalized spacial score (nSPS) is 11.2. The summed E-state index contributed by atoms with van der Waals surface area (Å²) in [4.78, 5) is 12.6. The number of ether oxygens (including phenoxy) is 1. The Labute approximate surface area is 165 Å². The van der Waals surface area contributed by atoms with Crippen LogP contribution in [0.2, 0.25) is 0 Å². The van der Waals surface area contributed by atoms with Crippen LogP contribution in [0.15, 0.2) is 86.2 Å². The molecule has 1 aromatic heterocycles. The molecule has 0 saturated heterocycles. The third-order valence-electron chi connectivity index (χ3n) is 4.30. The SMILES string of the molecule is COc1cccc(N=Nc2cc3c(=O)cc(-c4ccc(O)cc4)oc3cc2O)c1. The van der Waals surface area contributed by atoms with E-state index in [2.05, 4.69) is 10.2 Å². The topological polar surface area (TPSA) is 105 Å². The van der Waals surface area contributed by atoms with Crippen LogP contribution in [-0.2, 0) is 0 Å². The second kappa shape index (κ2) is 7.47. The molecule has 3 aromatic carbocycles. The number of hydrogen-bond donors (Lipinski definition) is 2. The molecule has 29 heavy (non-hydrogen) atoms. The van der Waals surface area contributed by atoms with Crippen molar-refractivity contribution in [3.05, 3.63) is 77.0 Å². The highest BCUT2D eigenvalue weighted by atomic mass is 16.5. The Hall–Kier alpha value is -4.13. The van der Waals surface area contributed by atoms with Gasteiger partial charge in [0.25, 0.3) is 0 Å². The maximum absolute atomic E-state index is 12.6. The molecule has 0 aliphatic rings. The fourth-order valence-corrected chi connectivity index (χ4v) is 2.81. The summed E-state index contributed by atoms with van der Waals surface area (Å²) in [5.74, 6) is 0.898. The minimum atomic E-state index is -0.285. The molecule has 7 heteroatoms. The first-order valence-corrected chi connectivity index (χ1v) is 8.69. The van der Waals surface area contributed by atoms with Gasteiger partial charge in [-0.05, 0) is 42.5 Å². The summed E-state index contributed by atoms with van der Waals surface area (Å²) in [6, 6.07) is 17.4. The van der Waals surface area contributed by atoms with Gasteiger partial charge >= 0.3 is 0 Å². The Morgan fingerprint density at radius 2 is 1.72 bits per heavy atom. The fourth-order valence-electron chi connectivity index (χ4n) is 2.81. The summed E-state index contributed by atoms with van der Waals surface area (Å²) in [6.45, 7) is 0. The molecule has 0 fully saturated rings. The molecule has 7 nitrogen and oxygen atoms in total. The van der Waals surface area contributed by atoms with Crippen molar-refractivity contribution in [2.75, 3.05) is 7.11 Å². The number of aromatic hydroxyl groups is 2. The minimum absolute atomic E-state index is 0.112. The van der Waals surface area contributed by atoms with Gasteiger partial charge in [-0.1, -0.05) is 6.07 Å². The van der Waals surface area contributed by atoms with Crippen molar-refractivity contribution in [1.29, 1.82) is 0 Å². The zero-order valence-electron chi connectivity index (χ0n) is 15.4. The molecule has 0 bridgehead atoms. The van der Waals surface area contributed by atoms with Crippen LogP contribution in [0.5, 0.6) is 17.2 Å². The van der Waals surface area contributed by atoms with Crippen LogP contribution in [0.1, 0.15) is 0 Å². The minimum Gasteiger partial charge on any atom is -0.508 e. The highest BCUT2D eigenvalue weighted by Crippen LogP contribution is 2.34. The average molecular weight is 388 g/mol. The smallest absolute Gasteiger partial charge is 0.193 e. The molecule has 0 aliphatic carbocycles. The number of benzene rings is 3. The van der Waals surface area contributed by atoms with Crippen LogP contribution in [0.4, 0.5) is 11.4 Å². The van der Waals surface area contributed by atoms with Gasteiger partial charge in [-0.25, -0.2) is 0 Å². The monoisotopic (exact) mass is 388 g/mol. The molecule has 0 radical (unpaired) electrons. The number of hydrogen-bond acceptors (Lipinski definition) is 7. The van der Waals surface area contributed by atoms with Crippen molar-refractivity contribution in [1.82, 2.24) is 0 Å². The molecular formula is C22H16N2O5. The summed E-state index contributed by atoms with van der Waals surface area (Å²) in [7, 11) is 1.55. The van der Waals surface area contributed by atoms with Crippen molar-refractivity contribution in [3.8, 4) is 28.6 Å². The van der Waals surface area contributed by atoms with Gasteiger partial charge in [0.1, 0.15) is 34.3 Å². The van der Waals surface area contributed by atoms with E-state index in [-0.39, 0.29) is 33.6 Å². The number of azo groups is 1. The number of rotatable bonds is 4. The predicted octanol–water partition coefficient (Wildman–Crippen LogP) is 5.30. The largest absolute Gasteiger partial charge is 0.508 e. The lowest BCUT2D eigenvalue weighted by Gasteiger charge is -2.05. The predicted molar refractivity (Wildman–Crippen MR) is 108 cm³/mol. The van der Waals surface area contributed by atoms with Gasteiger partial charge < -0.3 is 19.4 Å². The first-order chi connectivity index (χ1) is 14.0. The second-order valence-corrected chi connectivity index (χ2v) is 6.26. The molecule has 144 valence electrons. The lowest BCUT2D eigenvalue weighted by Crippen LogP contribution is -2.00. The van der Waals surface area contributed by atoms with Gasteiger partial charge in [0, 0.05) is 23.8 Å². The first-order valence-electron chi connectivity index (χ1n) is 8.69. The Kier molecular flexibility index (Phi) is 4.70. The van der Waals surface area contributed by atoms with E-state index in [1.807, 2.05) is 0 Å². The molecule has 0 spiro atoms. The quantitative estimate of drug-likeness (QED) is 0.462. The van der Waals surface area contributed by atoms with E-state index in [1.165, 1.54) is 30.3 Å². The van der Waals surface area contributed by atoms with Crippen molar-refractivity contribution >= 4 is 22.3 Å². The van der Waals surface area contributed by atoms with E-state index >= 15 is 0 Å². The standard InChI is InChI=1S/C22H16N2O5/c1-28-16-4-2-3-14(9-16)23-24-18-10-17-19(26)11-21(29-22(17)12-20(18)27)13-5-7-15(25)8-6-13/h2-12,25,27H,1H3. The molecule has 4 rings (SSSR count). The maximum Gasteiger partial charge on any atom is 0.193 e. The number of fused-ring (bicyclic) bond motifs is 1. The summed E-state index contributed by atoms with van der Waals surface area (Å²) >= 11 is 0. The van der Waals surface area contributed by atoms with Crippen LogP contribution >= 0.6 is 0 Å². The molecule has 0 atom stereocenters. The van der Waals surface area contributed by atoms with Gasteiger partial charge in [-0.2, -0.15) is 5.11 Å². The molecule has 0 unspecified atom stereocenters. The lowest BCUT2D eigenvalue weighted by molar-refractivity contribution is 0.415. The van der Waals surface area contributed by atoms with Gasteiger partial charge in [0.05, 0.1) is 18.2 Å². The number of nitrogens with zero attached hydrogens (tertiary/aromatic N) is 2. The molecule has 0 aliphatic heterocycles.